The van der Waals surface area contributed by atoms with Crippen molar-refractivity contribution < 1.29 is 23.8 Å². The van der Waals surface area contributed by atoms with Gasteiger partial charge in [0.15, 0.2) is 18.1 Å². The summed E-state index contributed by atoms with van der Waals surface area (Å²) < 4.78 is 16.2. The first-order valence-electron chi connectivity index (χ1n) is 9.76. The van der Waals surface area contributed by atoms with Crippen molar-refractivity contribution in [2.75, 3.05) is 31.8 Å². The lowest BCUT2D eigenvalue weighted by Crippen LogP contribution is -2.43. The summed E-state index contributed by atoms with van der Waals surface area (Å²) in [5.74, 6) is 1.79. The Morgan fingerprint density at radius 1 is 1.07 bits per heavy atom. The number of aryl methyl sites for hydroxylation is 1. The SMILES string of the molecule is Cc1ccc(OCC(=O)N2CCC(C(=O)Nc3ccc4c(c3)OCO4)CC2)cc1. The molecule has 7 heteroatoms. The minimum absolute atomic E-state index is 0.0110. The van der Waals surface area contributed by atoms with Gasteiger partial charge < -0.3 is 24.4 Å². The number of amides is 2. The third-order valence-electron chi connectivity index (χ3n) is 5.24. The van der Waals surface area contributed by atoms with E-state index in [1.54, 1.807) is 23.1 Å². The smallest absolute Gasteiger partial charge is 0.260 e. The quantitative estimate of drug-likeness (QED) is 0.841. The first-order valence-corrected chi connectivity index (χ1v) is 9.76. The molecular weight excluding hydrogens is 372 g/mol. The maximum atomic E-state index is 12.6. The van der Waals surface area contributed by atoms with Crippen molar-refractivity contribution in [2.24, 2.45) is 5.92 Å². The number of likely N-dealkylation sites (tertiary alicyclic amines) is 1. The number of ether oxygens (including phenoxy) is 3. The monoisotopic (exact) mass is 396 g/mol. The molecule has 0 bridgehead atoms. The molecule has 2 amide bonds. The van der Waals surface area contributed by atoms with Crippen LogP contribution < -0.4 is 19.5 Å². The molecule has 0 radical (unpaired) electrons. The molecule has 2 aliphatic heterocycles. The summed E-state index contributed by atoms with van der Waals surface area (Å²) in [5.41, 5.74) is 1.83. The van der Waals surface area contributed by atoms with Gasteiger partial charge in [0.1, 0.15) is 5.75 Å². The summed E-state index contributed by atoms with van der Waals surface area (Å²) in [6.45, 7) is 3.32. The van der Waals surface area contributed by atoms with Crippen LogP contribution in [0.3, 0.4) is 0 Å². The molecular formula is C22H24N2O5. The van der Waals surface area contributed by atoms with Gasteiger partial charge in [-0.2, -0.15) is 0 Å². The number of rotatable bonds is 5. The summed E-state index contributed by atoms with van der Waals surface area (Å²) in [6, 6.07) is 13.0. The van der Waals surface area contributed by atoms with Gasteiger partial charge in [0.2, 0.25) is 12.7 Å². The number of nitrogens with one attached hydrogen (secondary N) is 1. The number of benzene rings is 2. The minimum Gasteiger partial charge on any atom is -0.484 e. The number of fused-ring (bicyclic) bond motifs is 1. The number of carbonyl (C=O) groups is 2. The highest BCUT2D eigenvalue weighted by Gasteiger charge is 2.28. The predicted octanol–water partition coefficient (Wildman–Crippen LogP) is 2.98. The van der Waals surface area contributed by atoms with Crippen molar-refractivity contribution in [1.82, 2.24) is 4.90 Å². The van der Waals surface area contributed by atoms with Crippen molar-refractivity contribution >= 4 is 17.5 Å². The van der Waals surface area contributed by atoms with Gasteiger partial charge in [-0.25, -0.2) is 0 Å². The fourth-order valence-corrected chi connectivity index (χ4v) is 3.48. The minimum atomic E-state index is -0.123. The number of hydrogen-bond donors (Lipinski definition) is 1. The highest BCUT2D eigenvalue weighted by molar-refractivity contribution is 5.93. The highest BCUT2D eigenvalue weighted by Crippen LogP contribution is 2.34. The Labute approximate surface area is 169 Å². The van der Waals surface area contributed by atoms with E-state index >= 15 is 0 Å². The van der Waals surface area contributed by atoms with E-state index < -0.39 is 0 Å². The van der Waals surface area contributed by atoms with E-state index in [0.29, 0.717) is 48.9 Å². The Morgan fingerprint density at radius 2 is 1.79 bits per heavy atom. The van der Waals surface area contributed by atoms with Crippen LogP contribution in [-0.4, -0.2) is 43.2 Å². The molecule has 2 aliphatic rings. The Kier molecular flexibility index (Phi) is 5.55. The molecule has 0 spiro atoms. The normalized spacial score (nSPS) is 15.8. The second kappa shape index (κ2) is 8.43. The maximum absolute atomic E-state index is 12.6. The molecule has 2 aromatic rings. The van der Waals surface area contributed by atoms with E-state index in [9.17, 15) is 9.59 Å². The Balaban J connectivity index is 1.23. The number of anilines is 1. The lowest BCUT2D eigenvalue weighted by molar-refractivity contribution is -0.136. The topological polar surface area (TPSA) is 77.1 Å². The average Bonchev–Trinajstić information content (AvgIpc) is 3.21. The van der Waals surface area contributed by atoms with Crippen LogP contribution in [0.4, 0.5) is 5.69 Å². The summed E-state index contributed by atoms with van der Waals surface area (Å²) in [4.78, 5) is 26.7. The van der Waals surface area contributed by atoms with Crippen LogP contribution in [0, 0.1) is 12.8 Å². The van der Waals surface area contributed by atoms with Gasteiger partial charge in [-0.3, -0.25) is 9.59 Å². The molecule has 29 heavy (non-hydrogen) atoms. The number of nitrogens with zero attached hydrogens (tertiary/aromatic N) is 1. The van der Waals surface area contributed by atoms with Crippen LogP contribution in [0.25, 0.3) is 0 Å². The Morgan fingerprint density at radius 3 is 2.55 bits per heavy atom. The number of carbonyl (C=O) groups excluding carboxylic acids is 2. The van der Waals surface area contributed by atoms with Crippen molar-refractivity contribution in [3.05, 3.63) is 48.0 Å². The molecule has 7 nitrogen and oxygen atoms in total. The van der Waals surface area contributed by atoms with Crippen LogP contribution in [0.1, 0.15) is 18.4 Å². The zero-order valence-corrected chi connectivity index (χ0v) is 16.3. The fourth-order valence-electron chi connectivity index (χ4n) is 3.48. The van der Waals surface area contributed by atoms with E-state index in [1.807, 2.05) is 31.2 Å². The zero-order valence-electron chi connectivity index (χ0n) is 16.3. The van der Waals surface area contributed by atoms with Gasteiger partial charge in [0.25, 0.3) is 5.91 Å². The van der Waals surface area contributed by atoms with Crippen LogP contribution in [-0.2, 0) is 9.59 Å². The van der Waals surface area contributed by atoms with Crippen molar-refractivity contribution in [2.45, 2.75) is 19.8 Å². The Hall–Kier alpha value is -3.22. The molecule has 2 aromatic carbocycles. The zero-order chi connectivity index (χ0) is 20.2. The van der Waals surface area contributed by atoms with E-state index in [-0.39, 0.29) is 31.1 Å². The third-order valence-corrected chi connectivity index (χ3v) is 5.24. The van der Waals surface area contributed by atoms with E-state index in [2.05, 4.69) is 5.32 Å². The number of hydrogen-bond acceptors (Lipinski definition) is 5. The predicted molar refractivity (Wildman–Crippen MR) is 107 cm³/mol. The first-order chi connectivity index (χ1) is 14.1. The maximum Gasteiger partial charge on any atom is 0.260 e. The van der Waals surface area contributed by atoms with Gasteiger partial charge in [0.05, 0.1) is 0 Å². The van der Waals surface area contributed by atoms with Crippen LogP contribution in [0.15, 0.2) is 42.5 Å². The molecule has 1 saturated heterocycles. The van der Waals surface area contributed by atoms with Crippen molar-refractivity contribution in [1.29, 1.82) is 0 Å². The van der Waals surface area contributed by atoms with Gasteiger partial charge in [-0.05, 0) is 44.0 Å². The van der Waals surface area contributed by atoms with Crippen LogP contribution in [0.5, 0.6) is 17.2 Å². The van der Waals surface area contributed by atoms with Gasteiger partial charge in [-0.15, -0.1) is 0 Å². The lowest BCUT2D eigenvalue weighted by Gasteiger charge is -2.31. The molecule has 1 fully saturated rings. The van der Waals surface area contributed by atoms with Gasteiger partial charge >= 0.3 is 0 Å². The standard InChI is InChI=1S/C22H24N2O5/c1-15-2-5-18(6-3-15)27-13-21(25)24-10-8-16(9-11-24)22(26)23-17-4-7-19-20(12-17)29-14-28-19/h2-7,12,16H,8-11,13-14H2,1H3,(H,23,26). The molecule has 0 saturated carbocycles. The first kappa shape index (κ1) is 19.1. The lowest BCUT2D eigenvalue weighted by atomic mass is 9.95. The van der Waals surface area contributed by atoms with E-state index in [1.165, 1.54) is 0 Å². The average molecular weight is 396 g/mol. The number of piperidine rings is 1. The molecule has 152 valence electrons. The summed E-state index contributed by atoms with van der Waals surface area (Å²) >= 11 is 0. The third kappa shape index (κ3) is 4.62. The van der Waals surface area contributed by atoms with E-state index in [0.717, 1.165) is 5.56 Å². The molecule has 0 atom stereocenters. The van der Waals surface area contributed by atoms with Crippen LogP contribution >= 0.6 is 0 Å². The molecule has 1 N–H and O–H groups in total. The van der Waals surface area contributed by atoms with Crippen LogP contribution in [0.2, 0.25) is 0 Å². The highest BCUT2D eigenvalue weighted by atomic mass is 16.7. The fraction of sp³-hybridized carbons (Fsp3) is 0.364. The Bertz CT molecular complexity index is 889. The summed E-state index contributed by atoms with van der Waals surface area (Å²) in [7, 11) is 0. The molecule has 4 rings (SSSR count). The molecule has 0 aliphatic carbocycles. The van der Waals surface area contributed by atoms with Crippen molar-refractivity contribution in [3.8, 4) is 17.2 Å². The summed E-state index contributed by atoms with van der Waals surface area (Å²) in [5, 5.41) is 2.93. The van der Waals surface area contributed by atoms with Crippen molar-refractivity contribution in [3.63, 3.8) is 0 Å². The largest absolute Gasteiger partial charge is 0.484 e. The van der Waals surface area contributed by atoms with Gasteiger partial charge in [-0.1, -0.05) is 17.7 Å². The second-order valence-electron chi connectivity index (χ2n) is 7.31. The van der Waals surface area contributed by atoms with E-state index in [4.69, 9.17) is 14.2 Å². The molecule has 0 unspecified atom stereocenters. The second-order valence-corrected chi connectivity index (χ2v) is 7.31. The summed E-state index contributed by atoms with van der Waals surface area (Å²) in [6.07, 6.45) is 1.26. The van der Waals surface area contributed by atoms with Gasteiger partial charge in [0, 0.05) is 30.8 Å². The molecule has 2 heterocycles. The molecule has 0 aromatic heterocycles.